The highest BCUT2D eigenvalue weighted by Gasteiger charge is 2.27. The summed E-state index contributed by atoms with van der Waals surface area (Å²) in [6.07, 6.45) is -0.395. The average Bonchev–Trinajstić information content (AvgIpc) is 2.38. The molecule has 1 atom stereocenters. The summed E-state index contributed by atoms with van der Waals surface area (Å²) in [7, 11) is 0. The highest BCUT2D eigenvalue weighted by molar-refractivity contribution is 9.10. The van der Waals surface area contributed by atoms with Crippen molar-refractivity contribution in [2.24, 2.45) is 0 Å². The zero-order valence-corrected chi connectivity index (χ0v) is 11.2. The van der Waals surface area contributed by atoms with E-state index in [-0.39, 0.29) is 24.6 Å². The lowest BCUT2D eigenvalue weighted by Crippen LogP contribution is -2.47. The van der Waals surface area contributed by atoms with Gasteiger partial charge < -0.3 is 14.7 Å². The smallest absolute Gasteiger partial charge is 0.258 e. The van der Waals surface area contributed by atoms with Crippen LogP contribution in [0.3, 0.4) is 0 Å². The van der Waals surface area contributed by atoms with Crippen molar-refractivity contribution in [1.82, 2.24) is 4.90 Å². The van der Waals surface area contributed by atoms with Gasteiger partial charge in [-0.25, -0.2) is 4.39 Å². The highest BCUT2D eigenvalue weighted by atomic mass is 79.9. The molecule has 0 aliphatic carbocycles. The lowest BCUT2D eigenvalue weighted by molar-refractivity contribution is -0.0448. The summed E-state index contributed by atoms with van der Waals surface area (Å²) < 4.78 is 19.4. The Morgan fingerprint density at radius 1 is 1.61 bits per heavy atom. The van der Waals surface area contributed by atoms with Gasteiger partial charge in [-0.1, -0.05) is 6.07 Å². The van der Waals surface area contributed by atoms with Crippen LogP contribution in [0, 0.1) is 5.82 Å². The molecule has 0 aromatic heterocycles. The van der Waals surface area contributed by atoms with Crippen molar-refractivity contribution >= 4 is 21.8 Å². The summed E-state index contributed by atoms with van der Waals surface area (Å²) in [4.78, 5) is 13.7. The molecule has 1 N–H and O–H groups in total. The number of carbonyl (C=O) groups is 1. The molecule has 1 amide bonds. The lowest BCUT2D eigenvalue weighted by atomic mass is 10.1. The van der Waals surface area contributed by atoms with Crippen LogP contribution in [0.4, 0.5) is 4.39 Å². The third-order valence-electron chi connectivity index (χ3n) is 2.81. The van der Waals surface area contributed by atoms with Gasteiger partial charge >= 0.3 is 0 Å². The summed E-state index contributed by atoms with van der Waals surface area (Å²) in [5.74, 6) is -0.942. The quantitative estimate of drug-likeness (QED) is 0.897. The Labute approximate surface area is 112 Å². The van der Waals surface area contributed by atoms with Crippen molar-refractivity contribution in [1.29, 1.82) is 0 Å². The largest absolute Gasteiger partial charge is 0.394 e. The van der Waals surface area contributed by atoms with Crippen LogP contribution in [-0.4, -0.2) is 48.3 Å². The van der Waals surface area contributed by atoms with Gasteiger partial charge in [0.05, 0.1) is 24.9 Å². The maximum absolute atomic E-state index is 13.7. The minimum Gasteiger partial charge on any atom is -0.394 e. The number of aliphatic hydroxyl groups excluding tert-OH is 1. The third-order valence-corrected chi connectivity index (χ3v) is 3.47. The molecule has 0 bridgehead atoms. The number of hydrogen-bond donors (Lipinski definition) is 1. The molecular formula is C12H13BrFNO3. The molecule has 6 heteroatoms. The van der Waals surface area contributed by atoms with Crippen LogP contribution in [-0.2, 0) is 4.74 Å². The van der Waals surface area contributed by atoms with Crippen molar-refractivity contribution in [2.45, 2.75) is 6.10 Å². The van der Waals surface area contributed by atoms with Crippen LogP contribution in [0.2, 0.25) is 0 Å². The minimum absolute atomic E-state index is 0.0242. The number of amides is 1. The molecule has 1 aliphatic heterocycles. The molecule has 2 rings (SSSR count). The van der Waals surface area contributed by atoms with Gasteiger partial charge in [-0.2, -0.15) is 0 Å². The number of benzene rings is 1. The third kappa shape index (κ3) is 2.71. The topological polar surface area (TPSA) is 49.8 Å². The monoisotopic (exact) mass is 317 g/mol. The molecule has 1 aromatic rings. The molecule has 0 spiro atoms. The minimum atomic E-state index is -0.554. The van der Waals surface area contributed by atoms with E-state index in [2.05, 4.69) is 15.9 Å². The van der Waals surface area contributed by atoms with Gasteiger partial charge in [0.15, 0.2) is 0 Å². The van der Waals surface area contributed by atoms with Crippen molar-refractivity contribution in [3.05, 3.63) is 34.1 Å². The van der Waals surface area contributed by atoms with E-state index in [1.54, 1.807) is 6.07 Å². The molecule has 1 aliphatic rings. The number of carbonyl (C=O) groups excluding carboxylic acids is 1. The van der Waals surface area contributed by atoms with E-state index in [0.29, 0.717) is 17.6 Å². The Balaban J connectivity index is 2.20. The number of halogens is 2. The van der Waals surface area contributed by atoms with E-state index in [1.165, 1.54) is 17.0 Å². The van der Waals surface area contributed by atoms with E-state index in [0.717, 1.165) is 0 Å². The van der Waals surface area contributed by atoms with Gasteiger partial charge in [-0.15, -0.1) is 0 Å². The Bertz CT molecular complexity index is 435. The molecule has 1 heterocycles. The number of nitrogens with zero attached hydrogens (tertiary/aromatic N) is 1. The van der Waals surface area contributed by atoms with Crippen LogP contribution in [0.5, 0.6) is 0 Å². The summed E-state index contributed by atoms with van der Waals surface area (Å²) in [6, 6.07) is 4.41. The first-order valence-electron chi connectivity index (χ1n) is 5.59. The zero-order valence-electron chi connectivity index (χ0n) is 9.60. The Hall–Kier alpha value is -0.980. The van der Waals surface area contributed by atoms with E-state index in [4.69, 9.17) is 9.84 Å². The Morgan fingerprint density at radius 2 is 2.39 bits per heavy atom. The Kier molecular flexibility index (Phi) is 4.31. The van der Waals surface area contributed by atoms with Gasteiger partial charge in [0.25, 0.3) is 5.91 Å². The van der Waals surface area contributed by atoms with Crippen LogP contribution in [0.15, 0.2) is 22.7 Å². The second kappa shape index (κ2) is 5.77. The van der Waals surface area contributed by atoms with Gasteiger partial charge in [0, 0.05) is 17.6 Å². The fourth-order valence-electron chi connectivity index (χ4n) is 1.87. The van der Waals surface area contributed by atoms with Crippen LogP contribution >= 0.6 is 15.9 Å². The van der Waals surface area contributed by atoms with E-state index in [1.807, 2.05) is 0 Å². The molecule has 1 fully saturated rings. The molecule has 4 nitrogen and oxygen atoms in total. The second-order valence-electron chi connectivity index (χ2n) is 4.02. The first kappa shape index (κ1) is 13.5. The highest BCUT2D eigenvalue weighted by Crippen LogP contribution is 2.22. The number of hydrogen-bond acceptors (Lipinski definition) is 3. The molecule has 1 unspecified atom stereocenters. The standard InChI is InChI=1S/C12H13BrFNO3/c13-9-2-1-3-10(14)11(9)12(17)15-4-5-18-8(6-15)7-16/h1-3,8,16H,4-7H2. The number of morpholine rings is 1. The van der Waals surface area contributed by atoms with Crippen LogP contribution in [0.25, 0.3) is 0 Å². The number of aliphatic hydroxyl groups is 1. The number of ether oxygens (including phenoxy) is 1. The first-order chi connectivity index (χ1) is 8.63. The molecule has 98 valence electrons. The predicted molar refractivity (Wildman–Crippen MR) is 66.8 cm³/mol. The van der Waals surface area contributed by atoms with Gasteiger partial charge in [-0.3, -0.25) is 4.79 Å². The van der Waals surface area contributed by atoms with Crippen LogP contribution in [0.1, 0.15) is 10.4 Å². The summed E-state index contributed by atoms with van der Waals surface area (Å²) in [5, 5.41) is 9.02. The maximum atomic E-state index is 13.7. The molecule has 1 saturated heterocycles. The fraction of sp³-hybridized carbons (Fsp3) is 0.417. The Morgan fingerprint density at radius 3 is 3.06 bits per heavy atom. The number of rotatable bonds is 2. The maximum Gasteiger partial charge on any atom is 0.258 e. The summed E-state index contributed by atoms with van der Waals surface area (Å²) in [6.45, 7) is 0.872. The van der Waals surface area contributed by atoms with Crippen molar-refractivity contribution in [3.63, 3.8) is 0 Å². The SMILES string of the molecule is O=C(c1c(F)cccc1Br)N1CCOC(CO)C1. The summed E-state index contributed by atoms with van der Waals surface area (Å²) in [5.41, 5.74) is 0.0242. The second-order valence-corrected chi connectivity index (χ2v) is 4.88. The van der Waals surface area contributed by atoms with Crippen molar-refractivity contribution in [2.75, 3.05) is 26.3 Å². The van der Waals surface area contributed by atoms with Crippen molar-refractivity contribution < 1.29 is 19.0 Å². The van der Waals surface area contributed by atoms with Crippen LogP contribution < -0.4 is 0 Å². The summed E-state index contributed by atoms with van der Waals surface area (Å²) >= 11 is 3.18. The zero-order chi connectivity index (χ0) is 13.1. The molecule has 0 saturated carbocycles. The van der Waals surface area contributed by atoms with E-state index < -0.39 is 11.9 Å². The van der Waals surface area contributed by atoms with Gasteiger partial charge in [0.2, 0.25) is 0 Å². The fourth-order valence-corrected chi connectivity index (χ4v) is 2.39. The molecular weight excluding hydrogens is 305 g/mol. The van der Waals surface area contributed by atoms with Crippen molar-refractivity contribution in [3.8, 4) is 0 Å². The van der Waals surface area contributed by atoms with Gasteiger partial charge in [-0.05, 0) is 28.1 Å². The first-order valence-corrected chi connectivity index (χ1v) is 6.38. The molecule has 18 heavy (non-hydrogen) atoms. The lowest BCUT2D eigenvalue weighted by Gasteiger charge is -2.32. The molecule has 1 aromatic carbocycles. The molecule has 0 radical (unpaired) electrons. The average molecular weight is 318 g/mol. The normalized spacial score (nSPS) is 19.9. The predicted octanol–water partition coefficient (Wildman–Crippen LogP) is 1.42. The van der Waals surface area contributed by atoms with Gasteiger partial charge in [0.1, 0.15) is 5.82 Å². The van der Waals surface area contributed by atoms with E-state index in [9.17, 15) is 9.18 Å². The van der Waals surface area contributed by atoms with E-state index >= 15 is 0 Å².